The highest BCUT2D eigenvalue weighted by atomic mass is 32.1. The zero-order chi connectivity index (χ0) is 17.6. The second-order valence-electron chi connectivity index (χ2n) is 6.37. The number of hydrogen-bond acceptors (Lipinski definition) is 5. The van der Waals surface area contributed by atoms with Crippen molar-refractivity contribution in [3.63, 3.8) is 0 Å². The van der Waals surface area contributed by atoms with Crippen molar-refractivity contribution in [3.05, 3.63) is 23.3 Å². The molecule has 2 saturated heterocycles. The molecular weight excluding hydrogens is 352 g/mol. The second-order valence-corrected chi connectivity index (χ2v) is 7.45. The van der Waals surface area contributed by atoms with E-state index >= 15 is 0 Å². The third-order valence-corrected chi connectivity index (χ3v) is 5.71. The normalized spacial score (nSPS) is 23.4. The zero-order valence-corrected chi connectivity index (χ0v) is 14.2. The number of thiophene rings is 1. The molecule has 0 spiro atoms. The molecule has 2 aromatic heterocycles. The van der Waals surface area contributed by atoms with Gasteiger partial charge in [0.05, 0.1) is 28.4 Å². The van der Waals surface area contributed by atoms with Crippen LogP contribution in [0.1, 0.15) is 16.1 Å². The van der Waals surface area contributed by atoms with Gasteiger partial charge in [-0.25, -0.2) is 8.78 Å². The molecule has 25 heavy (non-hydrogen) atoms. The van der Waals surface area contributed by atoms with Crippen molar-refractivity contribution in [1.82, 2.24) is 15.1 Å². The van der Waals surface area contributed by atoms with Crippen LogP contribution in [0.5, 0.6) is 0 Å². The lowest BCUT2D eigenvalue weighted by Gasteiger charge is -2.35. The molecule has 9 heteroatoms. The molecule has 2 fully saturated rings. The van der Waals surface area contributed by atoms with Gasteiger partial charge in [0, 0.05) is 38.7 Å². The van der Waals surface area contributed by atoms with E-state index in [1.807, 2.05) is 6.07 Å². The lowest BCUT2D eigenvalue weighted by molar-refractivity contribution is -0.135. The number of halogens is 2. The largest absolute Gasteiger partial charge is 0.463 e. The molecule has 0 bridgehead atoms. The van der Waals surface area contributed by atoms with Crippen LogP contribution >= 0.6 is 11.3 Å². The molecule has 0 saturated carbocycles. The number of hydrogen-bond donors (Lipinski definition) is 1. The fraction of sp³-hybridized carbons (Fsp3) is 0.500. The van der Waals surface area contributed by atoms with Crippen molar-refractivity contribution in [2.24, 2.45) is 0 Å². The van der Waals surface area contributed by atoms with Gasteiger partial charge in [-0.2, -0.15) is 0 Å². The zero-order valence-electron chi connectivity index (χ0n) is 13.3. The number of carbonyl (C=O) groups excluding carboxylic acids is 2. The van der Waals surface area contributed by atoms with Gasteiger partial charge in [0.1, 0.15) is 5.58 Å². The summed E-state index contributed by atoms with van der Waals surface area (Å²) in [5.74, 6) is -3.22. The molecule has 0 radical (unpaired) electrons. The Bertz CT molecular complexity index is 782. The summed E-state index contributed by atoms with van der Waals surface area (Å²) < 4.78 is 32.7. The molecule has 4 rings (SSSR count). The minimum Gasteiger partial charge on any atom is -0.463 e. The lowest BCUT2D eigenvalue weighted by atomic mass is 10.1. The van der Waals surface area contributed by atoms with Gasteiger partial charge in [0.2, 0.25) is 5.91 Å². The van der Waals surface area contributed by atoms with Crippen LogP contribution in [0.2, 0.25) is 0 Å². The van der Waals surface area contributed by atoms with Crippen molar-refractivity contribution in [2.75, 3.05) is 32.7 Å². The Morgan fingerprint density at radius 3 is 2.60 bits per heavy atom. The average molecular weight is 369 g/mol. The van der Waals surface area contributed by atoms with E-state index in [4.69, 9.17) is 4.42 Å². The summed E-state index contributed by atoms with van der Waals surface area (Å²) in [5, 5.41) is 2.59. The fourth-order valence-electron chi connectivity index (χ4n) is 3.27. The maximum absolute atomic E-state index is 13.2. The van der Waals surface area contributed by atoms with Crippen LogP contribution in [0.15, 0.2) is 22.8 Å². The molecule has 6 nitrogen and oxygen atoms in total. The number of amides is 2. The van der Waals surface area contributed by atoms with E-state index in [0.717, 1.165) is 4.70 Å². The third kappa shape index (κ3) is 3.13. The molecule has 1 unspecified atom stereocenters. The number of carbonyl (C=O) groups is 2. The summed E-state index contributed by atoms with van der Waals surface area (Å²) in [6.07, 6.45) is 1.12. The van der Waals surface area contributed by atoms with Gasteiger partial charge >= 0.3 is 0 Å². The molecule has 2 aliphatic rings. The fourth-order valence-corrected chi connectivity index (χ4v) is 4.22. The molecule has 1 N–H and O–H groups in total. The molecule has 2 aromatic rings. The number of nitrogens with zero attached hydrogens (tertiary/aromatic N) is 2. The van der Waals surface area contributed by atoms with Gasteiger partial charge < -0.3 is 14.2 Å². The summed E-state index contributed by atoms with van der Waals surface area (Å²) in [6, 6.07) is 2.71. The van der Waals surface area contributed by atoms with Crippen LogP contribution in [0.25, 0.3) is 10.3 Å². The third-order valence-electron chi connectivity index (χ3n) is 4.64. The monoisotopic (exact) mass is 369 g/mol. The molecule has 0 aliphatic carbocycles. The van der Waals surface area contributed by atoms with Crippen LogP contribution in [0, 0.1) is 0 Å². The Balaban J connectivity index is 1.35. The first kappa shape index (κ1) is 16.5. The van der Waals surface area contributed by atoms with E-state index in [-0.39, 0.29) is 11.8 Å². The Kier molecular flexibility index (Phi) is 3.99. The molecule has 1 atom stereocenters. The van der Waals surface area contributed by atoms with Crippen LogP contribution in [-0.2, 0) is 4.79 Å². The topological polar surface area (TPSA) is 65.8 Å². The van der Waals surface area contributed by atoms with Gasteiger partial charge in [-0.3, -0.25) is 14.9 Å². The lowest BCUT2D eigenvalue weighted by Crippen LogP contribution is -2.54. The van der Waals surface area contributed by atoms with Crippen molar-refractivity contribution < 1.29 is 22.8 Å². The number of piperazine rings is 1. The van der Waals surface area contributed by atoms with E-state index in [1.54, 1.807) is 22.1 Å². The van der Waals surface area contributed by atoms with Crippen molar-refractivity contribution in [1.29, 1.82) is 0 Å². The predicted octanol–water partition coefficient (Wildman–Crippen LogP) is 1.78. The van der Waals surface area contributed by atoms with Crippen LogP contribution in [0.3, 0.4) is 0 Å². The maximum Gasteiger partial charge on any atom is 0.264 e. The van der Waals surface area contributed by atoms with Gasteiger partial charge in [-0.1, -0.05) is 0 Å². The number of fused-ring (bicyclic) bond motifs is 1. The number of furan rings is 1. The van der Waals surface area contributed by atoms with Crippen molar-refractivity contribution >= 4 is 33.4 Å². The predicted molar refractivity (Wildman–Crippen MR) is 87.9 cm³/mol. The first-order valence-electron chi connectivity index (χ1n) is 8.09. The van der Waals surface area contributed by atoms with Crippen LogP contribution < -0.4 is 5.32 Å². The smallest absolute Gasteiger partial charge is 0.264 e. The first-order chi connectivity index (χ1) is 11.9. The summed E-state index contributed by atoms with van der Waals surface area (Å²) in [6.45, 7) is 1.05. The summed E-state index contributed by atoms with van der Waals surface area (Å²) in [4.78, 5) is 28.7. The Hall–Kier alpha value is -2.00. The highest BCUT2D eigenvalue weighted by Gasteiger charge is 2.44. The summed E-state index contributed by atoms with van der Waals surface area (Å²) in [5.41, 5.74) is 0.690. The van der Waals surface area contributed by atoms with Gasteiger partial charge in [-0.05, 0) is 6.07 Å². The number of rotatable bonds is 2. The Morgan fingerprint density at radius 2 is 1.96 bits per heavy atom. The molecule has 2 aliphatic heterocycles. The molecule has 2 amide bonds. The molecule has 0 aromatic carbocycles. The quantitative estimate of drug-likeness (QED) is 0.876. The SMILES string of the molecule is O=C(c1cc2occc2s1)N1CCN(C(=O)C2CC(F)(F)CN2)CC1. The van der Waals surface area contributed by atoms with Gasteiger partial charge in [-0.15, -0.1) is 11.3 Å². The van der Waals surface area contributed by atoms with Crippen LogP contribution in [0.4, 0.5) is 8.78 Å². The van der Waals surface area contributed by atoms with E-state index in [1.165, 1.54) is 11.3 Å². The average Bonchev–Trinajstić information content (AvgIpc) is 3.27. The standard InChI is InChI=1S/C16H17F2N3O3S/c17-16(18)8-10(19-9-16)14(22)20-2-4-21(5-3-20)15(23)13-7-11-12(25-13)1-6-24-11/h1,6-7,10,19H,2-5,8-9H2. The van der Waals surface area contributed by atoms with Crippen molar-refractivity contribution in [2.45, 2.75) is 18.4 Å². The van der Waals surface area contributed by atoms with Crippen molar-refractivity contribution in [3.8, 4) is 0 Å². The summed E-state index contributed by atoms with van der Waals surface area (Å²) in [7, 11) is 0. The minimum atomic E-state index is -2.83. The highest BCUT2D eigenvalue weighted by Crippen LogP contribution is 2.28. The number of alkyl halides is 2. The van der Waals surface area contributed by atoms with E-state index in [2.05, 4.69) is 5.32 Å². The number of nitrogens with one attached hydrogen (secondary N) is 1. The van der Waals surface area contributed by atoms with Gasteiger partial charge in [0.15, 0.2) is 0 Å². The molecular formula is C16H17F2N3O3S. The highest BCUT2D eigenvalue weighted by molar-refractivity contribution is 7.20. The van der Waals surface area contributed by atoms with E-state index < -0.39 is 24.9 Å². The Labute approximate surface area is 146 Å². The van der Waals surface area contributed by atoms with Gasteiger partial charge in [0.25, 0.3) is 11.8 Å². The Morgan fingerprint density at radius 1 is 1.24 bits per heavy atom. The molecule has 4 heterocycles. The minimum absolute atomic E-state index is 0.0889. The summed E-state index contributed by atoms with van der Waals surface area (Å²) >= 11 is 1.37. The maximum atomic E-state index is 13.2. The van der Waals surface area contributed by atoms with E-state index in [9.17, 15) is 18.4 Å². The van der Waals surface area contributed by atoms with Crippen LogP contribution in [-0.4, -0.2) is 66.3 Å². The van der Waals surface area contributed by atoms with E-state index in [0.29, 0.717) is 36.6 Å². The second kappa shape index (κ2) is 6.06. The molecule has 134 valence electrons. The first-order valence-corrected chi connectivity index (χ1v) is 8.91.